The molecule has 0 spiro atoms. The molecule has 0 aromatic heterocycles. The molecule has 0 unspecified atom stereocenters. The number of non-ortho nitro benzene ring substituents is 1. The second-order valence-electron chi connectivity index (χ2n) is 4.00. The van der Waals surface area contributed by atoms with Gasteiger partial charge in [-0.3, -0.25) is 10.1 Å². The smallest absolute Gasteiger partial charge is 0.271 e. The second-order valence-corrected chi connectivity index (χ2v) is 4.00. The van der Waals surface area contributed by atoms with Crippen LogP contribution in [-0.2, 0) is 0 Å². The van der Waals surface area contributed by atoms with E-state index in [0.29, 0.717) is 11.4 Å². The molecule has 0 aliphatic heterocycles. The minimum Gasteiger partial charge on any atom is -0.494 e. The van der Waals surface area contributed by atoms with Gasteiger partial charge in [0.15, 0.2) is 11.6 Å². The molecule has 2 aromatic carbocycles. The lowest BCUT2D eigenvalue weighted by Gasteiger charge is -2.10. The number of methoxy groups -OCH3 is 1. The van der Waals surface area contributed by atoms with Gasteiger partial charge >= 0.3 is 0 Å². The van der Waals surface area contributed by atoms with Gasteiger partial charge in [0.2, 0.25) is 0 Å². The highest BCUT2D eigenvalue weighted by Gasteiger charge is 2.10. The molecule has 0 radical (unpaired) electrons. The maximum atomic E-state index is 13.3. The van der Waals surface area contributed by atoms with E-state index >= 15 is 0 Å². The standard InChI is InChI=1S/C13H12FN3O3/c1-20-13-6-8(2-4-10(13)14)16-12-5-3-9(17(18)19)7-11(12)15/h2-7,16H,15H2,1H3. The maximum Gasteiger partial charge on any atom is 0.271 e. The van der Waals surface area contributed by atoms with Crippen molar-refractivity contribution in [3.8, 4) is 5.75 Å². The summed E-state index contributed by atoms with van der Waals surface area (Å²) in [4.78, 5) is 10.1. The number of rotatable bonds is 4. The van der Waals surface area contributed by atoms with Crippen molar-refractivity contribution in [1.29, 1.82) is 0 Å². The fraction of sp³-hybridized carbons (Fsp3) is 0.0769. The summed E-state index contributed by atoms with van der Waals surface area (Å²) in [7, 11) is 1.36. The number of hydrogen-bond donors (Lipinski definition) is 2. The van der Waals surface area contributed by atoms with Crippen LogP contribution in [0, 0.1) is 15.9 Å². The van der Waals surface area contributed by atoms with Crippen molar-refractivity contribution in [2.45, 2.75) is 0 Å². The number of nitrogen functional groups attached to an aromatic ring is 1. The van der Waals surface area contributed by atoms with Gasteiger partial charge < -0.3 is 15.8 Å². The molecule has 20 heavy (non-hydrogen) atoms. The van der Waals surface area contributed by atoms with Crippen LogP contribution in [0.5, 0.6) is 5.75 Å². The Hall–Kier alpha value is -2.83. The van der Waals surface area contributed by atoms with E-state index in [2.05, 4.69) is 5.32 Å². The van der Waals surface area contributed by atoms with E-state index in [-0.39, 0.29) is 17.1 Å². The fourth-order valence-corrected chi connectivity index (χ4v) is 1.67. The molecular weight excluding hydrogens is 265 g/mol. The van der Waals surface area contributed by atoms with Gasteiger partial charge in [-0.25, -0.2) is 4.39 Å². The summed E-state index contributed by atoms with van der Waals surface area (Å²) >= 11 is 0. The first-order valence-corrected chi connectivity index (χ1v) is 5.65. The van der Waals surface area contributed by atoms with Crippen molar-refractivity contribution >= 4 is 22.7 Å². The molecule has 104 valence electrons. The van der Waals surface area contributed by atoms with E-state index in [9.17, 15) is 14.5 Å². The average Bonchev–Trinajstić information content (AvgIpc) is 2.42. The molecule has 3 N–H and O–H groups in total. The van der Waals surface area contributed by atoms with Crippen LogP contribution in [0.3, 0.4) is 0 Å². The Morgan fingerprint density at radius 1 is 1.30 bits per heavy atom. The lowest BCUT2D eigenvalue weighted by molar-refractivity contribution is -0.384. The van der Waals surface area contributed by atoms with E-state index in [1.165, 1.54) is 43.5 Å². The van der Waals surface area contributed by atoms with Crippen molar-refractivity contribution in [1.82, 2.24) is 0 Å². The van der Waals surface area contributed by atoms with Crippen molar-refractivity contribution in [2.75, 3.05) is 18.2 Å². The van der Waals surface area contributed by atoms with E-state index in [0.717, 1.165) is 0 Å². The van der Waals surface area contributed by atoms with E-state index < -0.39 is 10.7 Å². The Morgan fingerprint density at radius 2 is 2.05 bits per heavy atom. The van der Waals surface area contributed by atoms with Crippen LogP contribution in [0.15, 0.2) is 36.4 Å². The number of nitro groups is 1. The van der Waals surface area contributed by atoms with Gasteiger partial charge in [-0.1, -0.05) is 0 Å². The van der Waals surface area contributed by atoms with Crippen LogP contribution in [0.4, 0.5) is 27.1 Å². The van der Waals surface area contributed by atoms with Gasteiger partial charge in [-0.2, -0.15) is 0 Å². The van der Waals surface area contributed by atoms with Crippen LogP contribution in [0.2, 0.25) is 0 Å². The Morgan fingerprint density at radius 3 is 2.65 bits per heavy atom. The van der Waals surface area contributed by atoms with E-state index in [4.69, 9.17) is 10.5 Å². The minimum atomic E-state index is -0.527. The van der Waals surface area contributed by atoms with Crippen LogP contribution < -0.4 is 15.8 Å². The Balaban J connectivity index is 2.28. The van der Waals surface area contributed by atoms with E-state index in [1.807, 2.05) is 0 Å². The highest BCUT2D eigenvalue weighted by molar-refractivity contribution is 5.75. The van der Waals surface area contributed by atoms with Gasteiger partial charge in [0.25, 0.3) is 5.69 Å². The molecule has 0 saturated heterocycles. The summed E-state index contributed by atoms with van der Waals surface area (Å²) in [6.07, 6.45) is 0. The minimum absolute atomic E-state index is 0.0928. The Bertz CT molecular complexity index is 661. The zero-order valence-electron chi connectivity index (χ0n) is 10.6. The first-order chi connectivity index (χ1) is 9.51. The number of nitro benzene ring substituents is 1. The normalized spacial score (nSPS) is 10.1. The van der Waals surface area contributed by atoms with E-state index in [1.54, 1.807) is 0 Å². The second kappa shape index (κ2) is 5.43. The van der Waals surface area contributed by atoms with Crippen LogP contribution in [-0.4, -0.2) is 12.0 Å². The lowest BCUT2D eigenvalue weighted by Crippen LogP contribution is -1.99. The molecule has 0 aliphatic carbocycles. The average molecular weight is 277 g/mol. The largest absolute Gasteiger partial charge is 0.494 e. The zero-order chi connectivity index (χ0) is 14.7. The van der Waals surface area contributed by atoms with Crippen molar-refractivity contribution in [2.24, 2.45) is 0 Å². The van der Waals surface area contributed by atoms with Crippen molar-refractivity contribution < 1.29 is 14.1 Å². The summed E-state index contributed by atoms with van der Waals surface area (Å²) in [5, 5.41) is 13.6. The number of nitrogens with two attached hydrogens (primary N) is 1. The zero-order valence-corrected chi connectivity index (χ0v) is 10.6. The number of halogens is 1. The summed E-state index contributed by atoms with van der Waals surface area (Å²) in [5.41, 5.74) is 6.92. The van der Waals surface area contributed by atoms with Crippen LogP contribution in [0.25, 0.3) is 0 Å². The summed E-state index contributed by atoms with van der Waals surface area (Å²) in [6, 6.07) is 8.31. The number of hydrogen-bond acceptors (Lipinski definition) is 5. The number of nitrogens with one attached hydrogen (secondary N) is 1. The van der Waals surface area contributed by atoms with Crippen molar-refractivity contribution in [3.63, 3.8) is 0 Å². The number of ether oxygens (including phenoxy) is 1. The SMILES string of the molecule is COc1cc(Nc2ccc([N+](=O)[O-])cc2N)ccc1F. The molecule has 2 rings (SSSR count). The highest BCUT2D eigenvalue weighted by Crippen LogP contribution is 2.29. The Kier molecular flexibility index (Phi) is 3.69. The molecule has 0 saturated carbocycles. The number of nitrogens with zero attached hydrogens (tertiary/aromatic N) is 1. The molecule has 0 fully saturated rings. The lowest BCUT2D eigenvalue weighted by atomic mass is 10.2. The molecule has 0 heterocycles. The molecule has 6 nitrogen and oxygen atoms in total. The van der Waals surface area contributed by atoms with Crippen LogP contribution >= 0.6 is 0 Å². The monoisotopic (exact) mass is 277 g/mol. The molecular formula is C13H12FN3O3. The summed E-state index contributed by atoms with van der Waals surface area (Å²) < 4.78 is 18.1. The predicted octanol–water partition coefficient (Wildman–Crippen LogP) is 3.07. The molecule has 7 heteroatoms. The highest BCUT2D eigenvalue weighted by atomic mass is 19.1. The number of benzene rings is 2. The third-order valence-corrected chi connectivity index (χ3v) is 2.68. The van der Waals surface area contributed by atoms with Gasteiger partial charge in [0.1, 0.15) is 0 Å². The van der Waals surface area contributed by atoms with Gasteiger partial charge in [-0.05, 0) is 18.2 Å². The topological polar surface area (TPSA) is 90.4 Å². The molecule has 0 aliphatic rings. The van der Waals surface area contributed by atoms with Gasteiger partial charge in [0.05, 0.1) is 23.4 Å². The molecule has 0 amide bonds. The molecule has 2 aromatic rings. The summed E-state index contributed by atoms with van der Waals surface area (Å²) in [5.74, 6) is -0.384. The first-order valence-electron chi connectivity index (χ1n) is 5.65. The van der Waals surface area contributed by atoms with Gasteiger partial charge in [-0.15, -0.1) is 0 Å². The Labute approximate surface area is 114 Å². The van der Waals surface area contributed by atoms with Crippen molar-refractivity contribution in [3.05, 3.63) is 52.3 Å². The summed E-state index contributed by atoms with van der Waals surface area (Å²) in [6.45, 7) is 0. The predicted molar refractivity (Wildman–Crippen MR) is 73.7 cm³/mol. The van der Waals surface area contributed by atoms with Crippen LogP contribution in [0.1, 0.15) is 0 Å². The van der Waals surface area contributed by atoms with Gasteiger partial charge in [0, 0.05) is 23.9 Å². The quantitative estimate of drug-likeness (QED) is 0.509. The maximum absolute atomic E-state index is 13.3. The first kappa shape index (κ1) is 13.6. The fourth-order valence-electron chi connectivity index (χ4n) is 1.67. The third kappa shape index (κ3) is 2.77. The molecule has 0 bridgehead atoms. The third-order valence-electron chi connectivity index (χ3n) is 2.68. The number of anilines is 3. The molecule has 0 atom stereocenters.